The van der Waals surface area contributed by atoms with Gasteiger partial charge < -0.3 is 15.2 Å². The predicted octanol–water partition coefficient (Wildman–Crippen LogP) is 10.4. The molecule has 1 aliphatic heterocycles. The molecule has 0 amide bonds. The van der Waals surface area contributed by atoms with E-state index in [1.807, 2.05) is 0 Å². The summed E-state index contributed by atoms with van der Waals surface area (Å²) in [6.45, 7) is 0. The first kappa shape index (κ1) is 24.1. The summed E-state index contributed by atoms with van der Waals surface area (Å²) < 4.78 is 2.46. The smallest absolute Gasteiger partial charge is 0.0758 e. The van der Waals surface area contributed by atoms with Crippen LogP contribution in [0.2, 0.25) is 0 Å². The highest BCUT2D eigenvalue weighted by Crippen LogP contribution is 2.43. The molecule has 0 bridgehead atoms. The van der Waals surface area contributed by atoms with Crippen molar-refractivity contribution < 1.29 is 0 Å². The van der Waals surface area contributed by atoms with Gasteiger partial charge in [0.05, 0.1) is 34.5 Å². The van der Waals surface area contributed by atoms with Gasteiger partial charge in [-0.1, -0.05) is 121 Å². The Hall–Kier alpha value is -5.54. The number of hydrogen-bond acceptors (Lipinski definition) is 2. The summed E-state index contributed by atoms with van der Waals surface area (Å²) in [5, 5.41) is 15.3. The lowest BCUT2D eigenvalue weighted by molar-refractivity contribution is 0.636. The topological polar surface area (TPSA) is 29.0 Å². The Labute approximate surface area is 250 Å². The molecule has 0 fully saturated rings. The van der Waals surface area contributed by atoms with Gasteiger partial charge in [0.15, 0.2) is 0 Å². The van der Waals surface area contributed by atoms with Crippen molar-refractivity contribution in [2.24, 2.45) is 0 Å². The second-order valence-corrected chi connectivity index (χ2v) is 11.5. The lowest BCUT2D eigenvalue weighted by Gasteiger charge is -2.37. The maximum absolute atomic E-state index is 3.85. The van der Waals surface area contributed by atoms with E-state index < -0.39 is 0 Å². The monoisotopic (exact) mass is 551 g/mol. The molecule has 3 nitrogen and oxygen atoms in total. The summed E-state index contributed by atoms with van der Waals surface area (Å²) >= 11 is 0. The molecule has 2 atom stereocenters. The van der Waals surface area contributed by atoms with E-state index in [1.54, 1.807) is 0 Å². The molecule has 9 rings (SSSR count). The molecule has 204 valence electrons. The number of nitrogens with zero attached hydrogens (tertiary/aromatic N) is 1. The predicted molar refractivity (Wildman–Crippen MR) is 181 cm³/mol. The molecule has 2 N–H and O–H groups in total. The lowest BCUT2D eigenvalue weighted by Crippen LogP contribution is -2.30. The van der Waals surface area contributed by atoms with Crippen molar-refractivity contribution in [3.8, 4) is 5.69 Å². The number of hydrogen-bond donors (Lipinski definition) is 2. The summed E-state index contributed by atoms with van der Waals surface area (Å²) in [6.07, 6.45) is 0. The van der Waals surface area contributed by atoms with Gasteiger partial charge in [-0.2, -0.15) is 0 Å². The fraction of sp³-hybridized carbons (Fsp3) is 0.0500. The molecule has 0 spiro atoms. The van der Waals surface area contributed by atoms with E-state index in [-0.39, 0.29) is 12.1 Å². The zero-order valence-electron chi connectivity index (χ0n) is 23.5. The second kappa shape index (κ2) is 9.50. The highest BCUT2D eigenvalue weighted by atomic mass is 15.1. The van der Waals surface area contributed by atoms with Gasteiger partial charge in [-0.15, -0.1) is 0 Å². The summed E-state index contributed by atoms with van der Waals surface area (Å²) in [4.78, 5) is 0. The molecule has 3 heteroatoms. The SMILES string of the molecule is c1ccc(C2Nc3ccccc3NC2c2ccc(-n3c4ccc5ccccc5c4c4ccc5ccccc5c43)cc2)cc1. The van der Waals surface area contributed by atoms with E-state index in [9.17, 15) is 0 Å². The summed E-state index contributed by atoms with van der Waals surface area (Å²) in [5.74, 6) is 0. The van der Waals surface area contributed by atoms with Crippen LogP contribution in [0.15, 0.2) is 152 Å². The van der Waals surface area contributed by atoms with Gasteiger partial charge in [-0.05, 0) is 57.6 Å². The van der Waals surface area contributed by atoms with E-state index in [4.69, 9.17) is 0 Å². The van der Waals surface area contributed by atoms with Crippen molar-refractivity contribution in [2.45, 2.75) is 12.1 Å². The first-order valence-corrected chi connectivity index (χ1v) is 14.9. The number of anilines is 2. The Kier molecular flexibility index (Phi) is 5.32. The summed E-state index contributed by atoms with van der Waals surface area (Å²) in [5.41, 5.74) is 8.42. The Morgan fingerprint density at radius 1 is 0.419 bits per heavy atom. The van der Waals surface area contributed by atoms with Crippen molar-refractivity contribution in [1.82, 2.24) is 4.57 Å². The van der Waals surface area contributed by atoms with Gasteiger partial charge >= 0.3 is 0 Å². The molecular weight excluding hydrogens is 522 g/mol. The molecule has 43 heavy (non-hydrogen) atoms. The average Bonchev–Trinajstić information content (AvgIpc) is 3.43. The molecule has 1 aliphatic rings. The van der Waals surface area contributed by atoms with Crippen molar-refractivity contribution in [3.05, 3.63) is 163 Å². The molecule has 0 saturated heterocycles. The Morgan fingerprint density at radius 2 is 0.977 bits per heavy atom. The van der Waals surface area contributed by atoms with Crippen LogP contribution in [0.5, 0.6) is 0 Å². The van der Waals surface area contributed by atoms with Gasteiger partial charge in [-0.3, -0.25) is 0 Å². The Morgan fingerprint density at radius 3 is 1.70 bits per heavy atom. The number of benzene rings is 7. The fourth-order valence-corrected chi connectivity index (χ4v) is 7.10. The first-order chi connectivity index (χ1) is 21.3. The van der Waals surface area contributed by atoms with Crippen LogP contribution in [-0.4, -0.2) is 4.57 Å². The van der Waals surface area contributed by atoms with Gasteiger partial charge in [-0.25, -0.2) is 0 Å². The third-order valence-corrected chi connectivity index (χ3v) is 9.09. The quantitative estimate of drug-likeness (QED) is 0.229. The minimum absolute atomic E-state index is 0.0780. The van der Waals surface area contributed by atoms with Crippen LogP contribution in [0.25, 0.3) is 49.0 Å². The van der Waals surface area contributed by atoms with Gasteiger partial charge in [0.1, 0.15) is 0 Å². The third kappa shape index (κ3) is 3.75. The molecule has 0 radical (unpaired) electrons. The molecular formula is C40H29N3. The molecule has 2 unspecified atom stereocenters. The van der Waals surface area contributed by atoms with Gasteiger partial charge in [0.2, 0.25) is 0 Å². The average molecular weight is 552 g/mol. The first-order valence-electron chi connectivity index (χ1n) is 14.9. The number of rotatable bonds is 3. The highest BCUT2D eigenvalue weighted by Gasteiger charge is 2.30. The standard InChI is InChI=1S/C40H29N3/c1-2-12-28(13-3-1)38-39(42-35-17-9-8-16-34(35)41-38)29-18-22-30(23-19-29)43-36-25-21-26-10-4-6-14-31(26)37(36)33-24-20-27-11-5-7-15-32(27)40(33)43/h1-25,38-39,41-42H. The molecule has 0 aliphatic carbocycles. The van der Waals surface area contributed by atoms with Crippen molar-refractivity contribution in [3.63, 3.8) is 0 Å². The van der Waals surface area contributed by atoms with Crippen LogP contribution < -0.4 is 10.6 Å². The van der Waals surface area contributed by atoms with E-state index in [0.717, 1.165) is 17.1 Å². The van der Waals surface area contributed by atoms with Crippen molar-refractivity contribution in [2.75, 3.05) is 10.6 Å². The Bertz CT molecular complexity index is 2300. The third-order valence-electron chi connectivity index (χ3n) is 9.09. The van der Waals surface area contributed by atoms with E-state index in [1.165, 1.54) is 54.5 Å². The van der Waals surface area contributed by atoms with E-state index in [0.29, 0.717) is 0 Å². The maximum atomic E-state index is 3.85. The zero-order chi connectivity index (χ0) is 28.3. The summed E-state index contributed by atoms with van der Waals surface area (Å²) in [6, 6.07) is 55.1. The van der Waals surface area contributed by atoms with Crippen molar-refractivity contribution in [1.29, 1.82) is 0 Å². The lowest BCUT2D eigenvalue weighted by atomic mass is 9.90. The second-order valence-electron chi connectivity index (χ2n) is 11.5. The largest absolute Gasteiger partial charge is 0.374 e. The number of aromatic nitrogens is 1. The molecule has 2 heterocycles. The van der Waals surface area contributed by atoms with Crippen LogP contribution in [0, 0.1) is 0 Å². The number of para-hydroxylation sites is 2. The number of nitrogens with one attached hydrogen (secondary N) is 2. The molecule has 0 saturated carbocycles. The van der Waals surface area contributed by atoms with Crippen molar-refractivity contribution >= 4 is 54.7 Å². The minimum Gasteiger partial charge on any atom is -0.374 e. The van der Waals surface area contributed by atoms with Gasteiger partial charge in [0, 0.05) is 21.8 Å². The van der Waals surface area contributed by atoms with E-state index in [2.05, 4.69) is 167 Å². The number of fused-ring (bicyclic) bond motifs is 8. The van der Waals surface area contributed by atoms with E-state index >= 15 is 0 Å². The molecule has 7 aromatic carbocycles. The van der Waals surface area contributed by atoms with Gasteiger partial charge in [0.25, 0.3) is 0 Å². The maximum Gasteiger partial charge on any atom is 0.0758 e. The van der Waals surface area contributed by atoms with Crippen LogP contribution in [-0.2, 0) is 0 Å². The fourth-order valence-electron chi connectivity index (χ4n) is 7.10. The summed E-state index contributed by atoms with van der Waals surface area (Å²) in [7, 11) is 0. The zero-order valence-corrected chi connectivity index (χ0v) is 23.5. The minimum atomic E-state index is 0.0780. The van der Waals surface area contributed by atoms with Crippen LogP contribution in [0.3, 0.4) is 0 Å². The van der Waals surface area contributed by atoms with Crippen LogP contribution >= 0.6 is 0 Å². The normalized spacial score (nSPS) is 16.3. The van der Waals surface area contributed by atoms with Crippen LogP contribution in [0.4, 0.5) is 11.4 Å². The Balaban J connectivity index is 1.24. The molecule has 8 aromatic rings. The van der Waals surface area contributed by atoms with Crippen LogP contribution in [0.1, 0.15) is 23.2 Å². The molecule has 1 aromatic heterocycles. The highest BCUT2D eigenvalue weighted by molar-refractivity contribution is 6.25.